The molecule has 0 aromatic rings. The van der Waals surface area contributed by atoms with Gasteiger partial charge in [0.05, 0.1) is 6.04 Å². The van der Waals surface area contributed by atoms with E-state index in [1.807, 2.05) is 0 Å². The van der Waals surface area contributed by atoms with Crippen molar-refractivity contribution in [2.24, 2.45) is 5.92 Å². The lowest BCUT2D eigenvalue weighted by Crippen LogP contribution is -2.54. The highest BCUT2D eigenvalue weighted by Crippen LogP contribution is 2.19. The minimum atomic E-state index is -1.39. The lowest BCUT2D eigenvalue weighted by Gasteiger charge is -2.30. The summed E-state index contributed by atoms with van der Waals surface area (Å²) in [5.41, 5.74) is 0. The van der Waals surface area contributed by atoms with Gasteiger partial charge in [-0.3, -0.25) is 14.4 Å². The molecule has 0 rings (SSSR count). The summed E-state index contributed by atoms with van der Waals surface area (Å²) in [5, 5.41) is 13.6. The quantitative estimate of drug-likeness (QED) is 0.0499. The first kappa shape index (κ1) is 47.6. The molecule has 0 saturated heterocycles. The number of unbranched alkanes of at least 4 members (excludes halogenated alkanes) is 26. The predicted octanol–water partition coefficient (Wildman–Crippen LogP) is 12.1. The first-order valence-corrected chi connectivity index (χ1v) is 21.3. The van der Waals surface area contributed by atoms with Crippen molar-refractivity contribution in [2.75, 3.05) is 0 Å². The topological polar surface area (TPSA) is 92.7 Å². The highest BCUT2D eigenvalue weighted by Gasteiger charge is 2.34. The second kappa shape index (κ2) is 35.0. The zero-order valence-electron chi connectivity index (χ0n) is 33.3. The fourth-order valence-corrected chi connectivity index (χ4v) is 6.91. The van der Waals surface area contributed by atoms with Crippen molar-refractivity contribution >= 4 is 17.7 Å². The smallest absolute Gasteiger partial charge is 0.302 e. The van der Waals surface area contributed by atoms with Gasteiger partial charge in [0.25, 0.3) is 0 Å². The number of ether oxygens (including phenoxy) is 1. The van der Waals surface area contributed by atoms with Crippen LogP contribution in [0.5, 0.6) is 0 Å². The van der Waals surface area contributed by atoms with E-state index < -0.39 is 30.0 Å². The van der Waals surface area contributed by atoms with Gasteiger partial charge in [0.15, 0.2) is 5.78 Å². The van der Waals surface area contributed by atoms with E-state index in [1.165, 1.54) is 162 Å². The van der Waals surface area contributed by atoms with Crippen LogP contribution in [0.2, 0.25) is 0 Å². The van der Waals surface area contributed by atoms with E-state index >= 15 is 0 Å². The SMILES string of the molecule is CCCCCCCCCCCCCCCCCCCCCC(=O)NC(C(CCCCCCCCCCCC(C)C)OC(C)=O)C(O)C(C)=O. The molecule has 0 aromatic carbocycles. The normalized spacial score (nSPS) is 13.4. The molecule has 0 fully saturated rings. The van der Waals surface area contributed by atoms with Crippen LogP contribution in [0.15, 0.2) is 0 Å². The molecule has 290 valence electrons. The Hall–Kier alpha value is -1.43. The highest BCUT2D eigenvalue weighted by molar-refractivity contribution is 5.83. The van der Waals surface area contributed by atoms with Gasteiger partial charge in [0, 0.05) is 13.3 Å². The summed E-state index contributed by atoms with van der Waals surface area (Å²) in [6.07, 6.45) is 35.5. The first-order valence-electron chi connectivity index (χ1n) is 21.3. The largest absolute Gasteiger partial charge is 0.460 e. The molecule has 0 heterocycles. The number of aliphatic hydroxyl groups is 1. The second-order valence-electron chi connectivity index (χ2n) is 15.6. The maximum Gasteiger partial charge on any atom is 0.302 e. The summed E-state index contributed by atoms with van der Waals surface area (Å²) >= 11 is 0. The van der Waals surface area contributed by atoms with Crippen molar-refractivity contribution in [3.05, 3.63) is 0 Å². The van der Waals surface area contributed by atoms with E-state index in [1.54, 1.807) is 0 Å². The molecule has 0 aliphatic carbocycles. The van der Waals surface area contributed by atoms with Crippen LogP contribution >= 0.6 is 0 Å². The monoisotopic (exact) mass is 694 g/mol. The van der Waals surface area contributed by atoms with Crippen molar-refractivity contribution in [3.8, 4) is 0 Å². The van der Waals surface area contributed by atoms with Crippen LogP contribution in [-0.2, 0) is 19.1 Å². The maximum atomic E-state index is 12.9. The molecule has 6 heteroatoms. The molecular formula is C43H83NO5. The zero-order valence-corrected chi connectivity index (χ0v) is 33.3. The van der Waals surface area contributed by atoms with Crippen LogP contribution < -0.4 is 5.32 Å². The number of rotatable bonds is 37. The first-order chi connectivity index (χ1) is 23.7. The van der Waals surface area contributed by atoms with Gasteiger partial charge >= 0.3 is 5.97 Å². The molecule has 0 bridgehead atoms. The molecule has 0 saturated carbocycles. The van der Waals surface area contributed by atoms with Crippen molar-refractivity contribution in [1.82, 2.24) is 5.32 Å². The van der Waals surface area contributed by atoms with Crippen molar-refractivity contribution in [1.29, 1.82) is 0 Å². The third kappa shape index (κ3) is 32.2. The number of esters is 1. The summed E-state index contributed by atoms with van der Waals surface area (Å²) in [4.78, 5) is 36.9. The number of nitrogens with one attached hydrogen (secondary N) is 1. The van der Waals surface area contributed by atoms with Gasteiger partial charge in [0.1, 0.15) is 12.2 Å². The van der Waals surface area contributed by atoms with Crippen LogP contribution in [-0.4, -0.2) is 41.0 Å². The Morgan fingerprint density at radius 2 is 0.878 bits per heavy atom. The molecule has 0 aromatic heterocycles. The average Bonchev–Trinajstić information content (AvgIpc) is 3.06. The molecule has 1 amide bonds. The Balaban J connectivity index is 4.13. The van der Waals surface area contributed by atoms with Crippen LogP contribution in [0, 0.1) is 5.92 Å². The number of hydrogen-bond donors (Lipinski definition) is 2. The van der Waals surface area contributed by atoms with Crippen LogP contribution in [0.3, 0.4) is 0 Å². The average molecular weight is 694 g/mol. The number of ketones is 1. The Bertz CT molecular complexity index is 769. The van der Waals surface area contributed by atoms with Gasteiger partial charge in [-0.05, 0) is 32.1 Å². The number of carbonyl (C=O) groups is 3. The molecular weight excluding hydrogens is 610 g/mol. The van der Waals surface area contributed by atoms with Gasteiger partial charge in [-0.25, -0.2) is 0 Å². The zero-order chi connectivity index (χ0) is 36.4. The predicted molar refractivity (Wildman–Crippen MR) is 208 cm³/mol. The third-order valence-corrected chi connectivity index (χ3v) is 10.1. The molecule has 0 aliphatic heterocycles. The Kier molecular flexibility index (Phi) is 34.0. The summed E-state index contributed by atoms with van der Waals surface area (Å²) in [7, 11) is 0. The van der Waals surface area contributed by atoms with Gasteiger partial charge in [0.2, 0.25) is 5.91 Å². The third-order valence-electron chi connectivity index (χ3n) is 10.1. The standard InChI is InChI=1S/C43H83NO5/c1-6-7-8-9-10-11-12-13-14-15-16-17-18-19-20-24-27-30-33-36-41(47)44-42(43(48)38(4)45)40(49-39(5)46)35-32-29-26-23-21-22-25-28-31-34-37(2)3/h37,40,42-43,48H,6-36H2,1-5H3,(H,44,47). The minimum absolute atomic E-state index is 0.192. The van der Waals surface area contributed by atoms with Gasteiger partial charge in [-0.2, -0.15) is 0 Å². The van der Waals surface area contributed by atoms with E-state index in [0.29, 0.717) is 12.8 Å². The lowest BCUT2D eigenvalue weighted by molar-refractivity contribution is -0.153. The van der Waals surface area contributed by atoms with E-state index in [9.17, 15) is 19.5 Å². The molecule has 3 atom stereocenters. The van der Waals surface area contributed by atoms with Crippen molar-refractivity contribution in [2.45, 2.75) is 252 Å². The Morgan fingerprint density at radius 3 is 1.22 bits per heavy atom. The number of carbonyl (C=O) groups excluding carboxylic acids is 3. The van der Waals surface area contributed by atoms with Gasteiger partial charge in [-0.1, -0.05) is 194 Å². The van der Waals surface area contributed by atoms with E-state index in [4.69, 9.17) is 4.74 Å². The number of hydrogen-bond acceptors (Lipinski definition) is 5. The van der Waals surface area contributed by atoms with Crippen LogP contribution in [0.25, 0.3) is 0 Å². The highest BCUT2D eigenvalue weighted by atomic mass is 16.5. The van der Waals surface area contributed by atoms with E-state index in [0.717, 1.165) is 44.4 Å². The molecule has 3 unspecified atom stereocenters. The Morgan fingerprint density at radius 1 is 0.531 bits per heavy atom. The molecule has 2 N–H and O–H groups in total. The summed E-state index contributed by atoms with van der Waals surface area (Å²) in [6, 6.07) is -0.917. The number of aliphatic hydroxyl groups excluding tert-OH is 1. The number of Topliss-reactive ketones (excluding diaryl/α,β-unsaturated/α-hetero) is 1. The summed E-state index contributed by atoms with van der Waals surface area (Å²) in [6.45, 7) is 9.50. The summed E-state index contributed by atoms with van der Waals surface area (Å²) in [5.74, 6) is -0.290. The number of amides is 1. The molecule has 0 radical (unpaired) electrons. The molecule has 0 spiro atoms. The fraction of sp³-hybridized carbons (Fsp3) is 0.930. The fourth-order valence-electron chi connectivity index (χ4n) is 6.91. The maximum absolute atomic E-state index is 12.9. The van der Waals surface area contributed by atoms with Crippen LogP contribution in [0.4, 0.5) is 0 Å². The second-order valence-corrected chi connectivity index (χ2v) is 15.6. The van der Waals surface area contributed by atoms with E-state index in [2.05, 4.69) is 26.1 Å². The van der Waals surface area contributed by atoms with Crippen LogP contribution in [0.1, 0.15) is 234 Å². The lowest BCUT2D eigenvalue weighted by atomic mass is 9.96. The summed E-state index contributed by atoms with van der Waals surface area (Å²) < 4.78 is 5.56. The van der Waals surface area contributed by atoms with Crippen molar-refractivity contribution in [3.63, 3.8) is 0 Å². The van der Waals surface area contributed by atoms with Gasteiger partial charge in [-0.15, -0.1) is 0 Å². The molecule has 6 nitrogen and oxygen atoms in total. The minimum Gasteiger partial charge on any atom is -0.460 e. The van der Waals surface area contributed by atoms with E-state index in [-0.39, 0.29) is 5.91 Å². The Labute approximate surface area is 304 Å². The molecule has 49 heavy (non-hydrogen) atoms. The van der Waals surface area contributed by atoms with Gasteiger partial charge < -0.3 is 15.2 Å². The van der Waals surface area contributed by atoms with Crippen molar-refractivity contribution < 1.29 is 24.2 Å². The molecule has 0 aliphatic rings.